The molecule has 1 heterocycles. The van der Waals surface area contributed by atoms with Gasteiger partial charge in [-0.1, -0.05) is 19.3 Å². The fourth-order valence-corrected chi connectivity index (χ4v) is 3.16. The fraction of sp³-hybridized carbons (Fsp3) is 0.857. The zero-order chi connectivity index (χ0) is 20.1. The van der Waals surface area contributed by atoms with Crippen LogP contribution in [-0.4, -0.2) is 48.8 Å². The molecule has 0 aromatic rings. The van der Waals surface area contributed by atoms with Crippen molar-refractivity contribution in [3.8, 4) is 6.07 Å². The van der Waals surface area contributed by atoms with E-state index in [0.717, 1.165) is 58.2 Å². The summed E-state index contributed by atoms with van der Waals surface area (Å²) in [6.45, 7) is 10.9. The fourth-order valence-electron chi connectivity index (χ4n) is 3.16. The van der Waals surface area contributed by atoms with Crippen LogP contribution in [0.2, 0.25) is 0 Å². The third-order valence-electron chi connectivity index (χ3n) is 4.40. The lowest BCUT2D eigenvalue weighted by Gasteiger charge is -2.28. The zero-order valence-electron chi connectivity index (χ0n) is 17.6. The Hall–Kier alpha value is -1.61. The average Bonchev–Trinajstić information content (AvgIpc) is 2.58. The largest absolute Gasteiger partial charge is 0.728 e. The van der Waals surface area contributed by atoms with Crippen LogP contribution in [0.25, 0.3) is 4.85 Å². The third kappa shape index (κ3) is 12.4. The van der Waals surface area contributed by atoms with Crippen molar-refractivity contribution in [1.82, 2.24) is 4.90 Å². The number of amides is 1. The van der Waals surface area contributed by atoms with Gasteiger partial charge in [-0.3, -0.25) is 4.79 Å². The third-order valence-corrected chi connectivity index (χ3v) is 4.40. The summed E-state index contributed by atoms with van der Waals surface area (Å²) >= 11 is 0. The van der Waals surface area contributed by atoms with E-state index >= 15 is 0 Å². The van der Waals surface area contributed by atoms with Crippen LogP contribution in [0.1, 0.15) is 79.1 Å². The number of nitrogens with zero attached hydrogens (tertiary/aromatic N) is 2. The number of hydrogen-bond acceptors (Lipinski definition) is 5. The molecule has 154 valence electrons. The minimum absolute atomic E-state index is 0.0823. The molecule has 6 heteroatoms. The van der Waals surface area contributed by atoms with Crippen molar-refractivity contribution in [2.45, 2.75) is 84.7 Å². The molecule has 0 saturated carbocycles. The Morgan fingerprint density at radius 3 is 2.56 bits per heavy atom. The van der Waals surface area contributed by atoms with Crippen LogP contribution in [0.15, 0.2) is 0 Å². The van der Waals surface area contributed by atoms with Gasteiger partial charge < -0.3 is 14.4 Å². The van der Waals surface area contributed by atoms with Crippen molar-refractivity contribution in [1.29, 1.82) is 0 Å². The number of unbranched alkanes of at least 4 members (excludes halogenated alkanes) is 4. The Bertz CT molecular complexity index is 517. The normalized spacial score (nSPS) is 17.7. The molecule has 0 radical (unpaired) electrons. The van der Waals surface area contributed by atoms with E-state index < -0.39 is 11.7 Å². The number of ether oxygens (including phenoxy) is 2. The summed E-state index contributed by atoms with van der Waals surface area (Å²) in [4.78, 5) is 29.2. The summed E-state index contributed by atoms with van der Waals surface area (Å²) in [5.41, 5.74) is -0.517. The second-order valence-corrected chi connectivity index (χ2v) is 8.18. The molecular weight excluding hydrogens is 344 g/mol. The molecule has 1 atom stereocenters. The SMILES string of the molecule is CCOC(=O)CCCCCCCN1CCCC(C#[N+]C(=O)OC(C)(C)C)C1. The molecule has 1 amide bonds. The number of likely N-dealkylation sites (tertiary alicyclic amines) is 1. The van der Waals surface area contributed by atoms with Gasteiger partial charge in [0.15, 0.2) is 0 Å². The molecule has 6 nitrogen and oxygen atoms in total. The van der Waals surface area contributed by atoms with Gasteiger partial charge in [-0.2, -0.15) is 4.79 Å². The maximum atomic E-state index is 11.7. The molecule has 0 N–H and O–H groups in total. The molecule has 0 bridgehead atoms. The highest BCUT2D eigenvalue weighted by atomic mass is 16.6. The molecule has 27 heavy (non-hydrogen) atoms. The van der Waals surface area contributed by atoms with Crippen molar-refractivity contribution < 1.29 is 19.1 Å². The van der Waals surface area contributed by atoms with Crippen LogP contribution < -0.4 is 0 Å². The summed E-state index contributed by atoms with van der Waals surface area (Å²) in [6, 6.07) is 2.98. The monoisotopic (exact) mass is 381 g/mol. The quantitative estimate of drug-likeness (QED) is 0.421. The predicted molar refractivity (Wildman–Crippen MR) is 107 cm³/mol. The second kappa shape index (κ2) is 12.7. The van der Waals surface area contributed by atoms with Crippen molar-refractivity contribution in [3.05, 3.63) is 4.85 Å². The summed E-state index contributed by atoms with van der Waals surface area (Å²) in [5, 5.41) is 0. The van der Waals surface area contributed by atoms with E-state index in [1.54, 1.807) is 0 Å². The van der Waals surface area contributed by atoms with Gasteiger partial charge >= 0.3 is 12.1 Å². The van der Waals surface area contributed by atoms with Crippen LogP contribution in [0.3, 0.4) is 0 Å². The molecule has 0 aromatic heterocycles. The number of carbonyl (C=O) groups excluding carboxylic acids is 2. The molecule has 0 aliphatic carbocycles. The van der Waals surface area contributed by atoms with Gasteiger partial charge in [0.05, 0.1) is 11.5 Å². The highest BCUT2D eigenvalue weighted by molar-refractivity contribution is 5.79. The molecule has 0 aromatic carbocycles. The molecular formula is C21H37N2O4+. The second-order valence-electron chi connectivity index (χ2n) is 8.18. The summed E-state index contributed by atoms with van der Waals surface area (Å²) in [6.07, 6.45) is 7.62. The molecule has 1 rings (SSSR count). The van der Waals surface area contributed by atoms with Crippen molar-refractivity contribution >= 4 is 12.1 Å². The van der Waals surface area contributed by atoms with E-state index in [-0.39, 0.29) is 11.9 Å². The molecule has 1 unspecified atom stereocenters. The van der Waals surface area contributed by atoms with Gasteiger partial charge in [0, 0.05) is 13.0 Å². The van der Waals surface area contributed by atoms with Crippen molar-refractivity contribution in [2.24, 2.45) is 5.92 Å². The standard InChI is InChI=1S/C21H37N2O4/c1-5-26-19(24)13-9-7-6-8-10-14-23-15-11-12-18(17-23)16-22-20(25)27-21(2,3)4/h18H,5-15,17H2,1-4H3/q+1. The first-order valence-corrected chi connectivity index (χ1v) is 10.4. The Morgan fingerprint density at radius 2 is 1.85 bits per heavy atom. The summed E-state index contributed by atoms with van der Waals surface area (Å²) < 4.78 is 10.1. The molecule has 1 aliphatic rings. The first-order chi connectivity index (χ1) is 12.8. The van der Waals surface area contributed by atoms with Crippen molar-refractivity contribution in [3.63, 3.8) is 0 Å². The molecule has 1 aliphatic heterocycles. The number of esters is 1. The number of hydrogen-bond donors (Lipinski definition) is 0. The smallest absolute Gasteiger partial charge is 0.466 e. The Balaban J connectivity index is 2.15. The van der Waals surface area contributed by atoms with Crippen LogP contribution >= 0.6 is 0 Å². The highest BCUT2D eigenvalue weighted by Gasteiger charge is 2.26. The van der Waals surface area contributed by atoms with E-state index in [1.165, 1.54) is 6.42 Å². The molecule has 1 saturated heterocycles. The van der Waals surface area contributed by atoms with E-state index in [1.807, 2.05) is 27.7 Å². The van der Waals surface area contributed by atoms with Gasteiger partial charge in [0.25, 0.3) is 6.07 Å². The topological polar surface area (TPSA) is 60.2 Å². The van der Waals surface area contributed by atoms with Gasteiger partial charge in [0.1, 0.15) is 11.5 Å². The lowest BCUT2D eigenvalue weighted by Crippen LogP contribution is -2.35. The van der Waals surface area contributed by atoms with E-state index in [4.69, 9.17) is 9.47 Å². The lowest BCUT2D eigenvalue weighted by atomic mass is 9.99. The zero-order valence-corrected chi connectivity index (χ0v) is 17.6. The predicted octanol–water partition coefficient (Wildman–Crippen LogP) is 4.87. The van der Waals surface area contributed by atoms with Crippen molar-refractivity contribution in [2.75, 3.05) is 26.2 Å². The number of rotatable bonds is 9. The van der Waals surface area contributed by atoms with Gasteiger partial charge in [-0.15, -0.1) is 0 Å². The maximum absolute atomic E-state index is 11.7. The van der Waals surface area contributed by atoms with Gasteiger partial charge in [0.2, 0.25) is 0 Å². The van der Waals surface area contributed by atoms with Crippen LogP contribution in [0.4, 0.5) is 4.79 Å². The minimum atomic E-state index is -0.553. The van der Waals surface area contributed by atoms with E-state index in [0.29, 0.717) is 13.0 Å². The first kappa shape index (κ1) is 23.4. The number of piperidine rings is 1. The lowest BCUT2D eigenvalue weighted by molar-refractivity contribution is -0.143. The summed E-state index contributed by atoms with van der Waals surface area (Å²) in [5.74, 6) is 0.122. The minimum Gasteiger partial charge on any atom is -0.466 e. The van der Waals surface area contributed by atoms with E-state index in [9.17, 15) is 9.59 Å². The van der Waals surface area contributed by atoms with Crippen LogP contribution in [-0.2, 0) is 14.3 Å². The van der Waals surface area contributed by atoms with Gasteiger partial charge in [-0.05, 0) is 66.5 Å². The highest BCUT2D eigenvalue weighted by Crippen LogP contribution is 2.17. The first-order valence-electron chi connectivity index (χ1n) is 10.4. The molecule has 0 spiro atoms. The Labute approximate surface area is 164 Å². The maximum Gasteiger partial charge on any atom is 0.728 e. The Morgan fingerprint density at radius 1 is 1.15 bits per heavy atom. The summed E-state index contributed by atoms with van der Waals surface area (Å²) in [7, 11) is 0. The Kier molecular flexibility index (Phi) is 11.0. The van der Waals surface area contributed by atoms with Crippen LogP contribution in [0.5, 0.6) is 0 Å². The van der Waals surface area contributed by atoms with Gasteiger partial charge in [-0.25, -0.2) is 0 Å². The van der Waals surface area contributed by atoms with E-state index in [2.05, 4.69) is 15.8 Å². The number of carbonyl (C=O) groups is 2. The molecule has 1 fully saturated rings. The average molecular weight is 382 g/mol. The van der Waals surface area contributed by atoms with Crippen LogP contribution in [0, 0.1) is 12.0 Å².